The molecule has 0 aliphatic carbocycles. The van der Waals surface area contributed by atoms with Crippen LogP contribution < -0.4 is 11.3 Å². The van der Waals surface area contributed by atoms with E-state index in [1.165, 1.54) is 12.1 Å². The third-order valence-corrected chi connectivity index (χ3v) is 3.78. The Balaban J connectivity index is 2.23. The Hall–Kier alpha value is -1.01. The Kier molecular flexibility index (Phi) is 4.87. The summed E-state index contributed by atoms with van der Waals surface area (Å²) in [6.45, 7) is 0. The van der Waals surface area contributed by atoms with Gasteiger partial charge >= 0.3 is 0 Å². The van der Waals surface area contributed by atoms with Gasteiger partial charge in [0, 0.05) is 10.7 Å². The van der Waals surface area contributed by atoms with Gasteiger partial charge in [-0.3, -0.25) is 11.3 Å². The van der Waals surface area contributed by atoms with Crippen LogP contribution in [0.4, 0.5) is 4.39 Å². The summed E-state index contributed by atoms with van der Waals surface area (Å²) < 4.78 is 14.1. The van der Waals surface area contributed by atoms with Gasteiger partial charge in [-0.2, -0.15) is 0 Å². The van der Waals surface area contributed by atoms with Crippen LogP contribution in [-0.4, -0.2) is 4.98 Å². The minimum absolute atomic E-state index is 0.164. The molecule has 0 spiro atoms. The molecule has 0 saturated carbocycles. The Morgan fingerprint density at radius 1 is 1.37 bits per heavy atom. The number of pyridine rings is 1. The molecule has 6 heteroatoms. The van der Waals surface area contributed by atoms with Crippen LogP contribution in [0.3, 0.4) is 0 Å². The van der Waals surface area contributed by atoms with Crippen molar-refractivity contribution >= 4 is 27.5 Å². The monoisotopic (exact) mass is 343 g/mol. The van der Waals surface area contributed by atoms with Crippen LogP contribution >= 0.6 is 27.5 Å². The molecule has 2 rings (SSSR count). The third kappa shape index (κ3) is 3.73. The molecule has 1 unspecified atom stereocenters. The van der Waals surface area contributed by atoms with Gasteiger partial charge in [0.05, 0.1) is 6.04 Å². The Labute approximate surface area is 124 Å². The normalized spacial score (nSPS) is 12.4. The minimum Gasteiger partial charge on any atom is -0.271 e. The van der Waals surface area contributed by atoms with E-state index in [4.69, 9.17) is 17.4 Å². The summed E-state index contributed by atoms with van der Waals surface area (Å²) >= 11 is 9.15. The zero-order valence-electron chi connectivity index (χ0n) is 9.91. The molecule has 0 bridgehead atoms. The molecule has 0 aliphatic heterocycles. The van der Waals surface area contributed by atoms with Crippen molar-refractivity contribution in [2.24, 2.45) is 5.84 Å². The molecular formula is C13H12BrClFN3. The summed E-state index contributed by atoms with van der Waals surface area (Å²) in [5.41, 5.74) is 4.43. The van der Waals surface area contributed by atoms with Crippen LogP contribution in [0.15, 0.2) is 41.0 Å². The number of nitrogens with zero attached hydrogens (tertiary/aromatic N) is 1. The second-order valence-corrected chi connectivity index (χ2v) is 5.31. The average Bonchev–Trinajstić information content (AvgIpc) is 2.41. The van der Waals surface area contributed by atoms with Crippen molar-refractivity contribution < 1.29 is 4.39 Å². The van der Waals surface area contributed by atoms with Gasteiger partial charge in [-0.25, -0.2) is 9.37 Å². The molecule has 3 N–H and O–H groups in total. The fraction of sp³-hybridized carbons (Fsp3) is 0.154. The number of nitrogens with two attached hydrogens (primary N) is 1. The van der Waals surface area contributed by atoms with Crippen LogP contribution in [-0.2, 0) is 6.42 Å². The molecule has 1 aromatic heterocycles. The fourth-order valence-corrected chi connectivity index (χ4v) is 2.31. The number of hydrogen-bond donors (Lipinski definition) is 2. The van der Waals surface area contributed by atoms with Gasteiger partial charge in [-0.15, -0.1) is 0 Å². The first-order valence-corrected chi connectivity index (χ1v) is 6.78. The number of halogens is 3. The fourth-order valence-electron chi connectivity index (χ4n) is 1.79. The Bertz CT molecular complexity index is 562. The third-order valence-electron chi connectivity index (χ3n) is 2.79. The van der Waals surface area contributed by atoms with Crippen LogP contribution in [0.5, 0.6) is 0 Å². The van der Waals surface area contributed by atoms with E-state index in [1.54, 1.807) is 18.3 Å². The Morgan fingerprint density at radius 2 is 2.16 bits per heavy atom. The maximum absolute atomic E-state index is 13.3. The van der Waals surface area contributed by atoms with Crippen LogP contribution in [0.25, 0.3) is 0 Å². The molecule has 0 aliphatic rings. The molecule has 100 valence electrons. The lowest BCUT2D eigenvalue weighted by molar-refractivity contribution is 0.546. The van der Waals surface area contributed by atoms with E-state index in [0.29, 0.717) is 11.6 Å². The summed E-state index contributed by atoms with van der Waals surface area (Å²) in [7, 11) is 0. The van der Waals surface area contributed by atoms with Gasteiger partial charge in [0.1, 0.15) is 11.0 Å². The minimum atomic E-state index is -0.275. The zero-order chi connectivity index (χ0) is 13.8. The number of hydrogen-bond acceptors (Lipinski definition) is 3. The second kappa shape index (κ2) is 6.43. The molecule has 0 amide bonds. The molecule has 3 nitrogen and oxygen atoms in total. The van der Waals surface area contributed by atoms with Crippen molar-refractivity contribution in [1.29, 1.82) is 0 Å². The number of benzene rings is 1. The van der Waals surface area contributed by atoms with Gasteiger partial charge < -0.3 is 0 Å². The van der Waals surface area contributed by atoms with Crippen LogP contribution in [0.2, 0.25) is 5.15 Å². The van der Waals surface area contributed by atoms with Gasteiger partial charge in [0.2, 0.25) is 0 Å². The van der Waals surface area contributed by atoms with Gasteiger partial charge in [-0.1, -0.05) is 33.6 Å². The highest BCUT2D eigenvalue weighted by molar-refractivity contribution is 9.10. The van der Waals surface area contributed by atoms with E-state index in [0.717, 1.165) is 15.6 Å². The lowest BCUT2D eigenvalue weighted by atomic mass is 10.0. The number of rotatable bonds is 4. The predicted molar refractivity (Wildman–Crippen MR) is 77.1 cm³/mol. The van der Waals surface area contributed by atoms with Crippen molar-refractivity contribution in [1.82, 2.24) is 10.4 Å². The summed E-state index contributed by atoms with van der Waals surface area (Å²) in [6, 6.07) is 7.94. The molecule has 1 heterocycles. The largest absolute Gasteiger partial charge is 0.271 e. The summed E-state index contributed by atoms with van der Waals surface area (Å²) in [5, 5.41) is 0.423. The van der Waals surface area contributed by atoms with Crippen molar-refractivity contribution in [3.05, 3.63) is 63.1 Å². The first kappa shape index (κ1) is 14.4. The summed E-state index contributed by atoms with van der Waals surface area (Å²) in [4.78, 5) is 4.01. The van der Waals surface area contributed by atoms with Crippen molar-refractivity contribution in [3.8, 4) is 0 Å². The van der Waals surface area contributed by atoms with Crippen LogP contribution in [0, 0.1) is 5.82 Å². The number of hydrazine groups is 1. The molecule has 19 heavy (non-hydrogen) atoms. The number of aromatic nitrogens is 1. The molecule has 0 fully saturated rings. The molecule has 0 saturated heterocycles. The second-order valence-electron chi connectivity index (χ2n) is 4.07. The van der Waals surface area contributed by atoms with E-state index in [9.17, 15) is 4.39 Å². The average molecular weight is 345 g/mol. The first-order valence-electron chi connectivity index (χ1n) is 5.61. The van der Waals surface area contributed by atoms with Crippen molar-refractivity contribution in [2.75, 3.05) is 0 Å². The van der Waals surface area contributed by atoms with Crippen molar-refractivity contribution in [3.63, 3.8) is 0 Å². The highest BCUT2D eigenvalue weighted by Gasteiger charge is 2.13. The maximum Gasteiger partial charge on any atom is 0.129 e. The first-order chi connectivity index (χ1) is 9.10. The van der Waals surface area contributed by atoms with E-state index in [-0.39, 0.29) is 11.9 Å². The molecule has 0 radical (unpaired) electrons. The lowest BCUT2D eigenvalue weighted by Crippen LogP contribution is -2.29. The van der Waals surface area contributed by atoms with Crippen molar-refractivity contribution in [2.45, 2.75) is 12.5 Å². The van der Waals surface area contributed by atoms with Gasteiger partial charge in [0.15, 0.2) is 0 Å². The predicted octanol–water partition coefficient (Wildman–Crippen LogP) is 3.38. The quantitative estimate of drug-likeness (QED) is 0.508. The standard InChI is InChI=1S/C13H12BrClFN3/c14-11-3-2-10(16)5-9(11)6-12(19-17)8-1-4-13(15)18-7-8/h1-5,7,12,19H,6,17H2. The Morgan fingerprint density at radius 3 is 2.79 bits per heavy atom. The van der Waals surface area contributed by atoms with E-state index >= 15 is 0 Å². The molecule has 1 aromatic carbocycles. The number of nitrogens with one attached hydrogen (secondary N) is 1. The van der Waals surface area contributed by atoms with E-state index in [2.05, 4.69) is 26.3 Å². The topological polar surface area (TPSA) is 50.9 Å². The smallest absolute Gasteiger partial charge is 0.129 e. The molecule has 1 atom stereocenters. The summed E-state index contributed by atoms with van der Waals surface area (Å²) in [6.07, 6.45) is 2.19. The highest BCUT2D eigenvalue weighted by atomic mass is 79.9. The van der Waals surface area contributed by atoms with E-state index in [1.807, 2.05) is 6.07 Å². The lowest BCUT2D eigenvalue weighted by Gasteiger charge is -2.17. The summed E-state index contributed by atoms with van der Waals surface area (Å²) in [5.74, 6) is 5.28. The van der Waals surface area contributed by atoms with Gasteiger partial charge in [-0.05, 0) is 41.8 Å². The molecular weight excluding hydrogens is 333 g/mol. The highest BCUT2D eigenvalue weighted by Crippen LogP contribution is 2.24. The zero-order valence-corrected chi connectivity index (χ0v) is 12.2. The van der Waals surface area contributed by atoms with E-state index < -0.39 is 0 Å². The SMILES string of the molecule is NNC(Cc1cc(F)ccc1Br)c1ccc(Cl)nc1. The van der Waals surface area contributed by atoms with Crippen LogP contribution in [0.1, 0.15) is 17.2 Å². The van der Waals surface area contributed by atoms with Gasteiger partial charge in [0.25, 0.3) is 0 Å². The maximum atomic E-state index is 13.3. The molecule has 2 aromatic rings.